The van der Waals surface area contributed by atoms with Gasteiger partial charge in [-0.2, -0.15) is 0 Å². The molecule has 1 aliphatic rings. The third kappa shape index (κ3) is 3.31. The van der Waals surface area contributed by atoms with Crippen LogP contribution in [0.25, 0.3) is 0 Å². The third-order valence-corrected chi connectivity index (χ3v) is 4.67. The van der Waals surface area contributed by atoms with Crippen molar-refractivity contribution < 1.29 is 4.79 Å². The summed E-state index contributed by atoms with van der Waals surface area (Å²) in [4.78, 5) is 13.6. The van der Waals surface area contributed by atoms with Gasteiger partial charge in [-0.05, 0) is 31.4 Å². The van der Waals surface area contributed by atoms with Crippen molar-refractivity contribution in [2.75, 3.05) is 5.75 Å². The third-order valence-electron chi connectivity index (χ3n) is 3.55. The topological polar surface area (TPSA) is 55.1 Å². The van der Waals surface area contributed by atoms with Gasteiger partial charge < -0.3 is 11.1 Å². The minimum Gasteiger partial charge on any atom is -0.348 e. The molecule has 2 atom stereocenters. The van der Waals surface area contributed by atoms with Gasteiger partial charge in [0.05, 0.1) is 11.6 Å². The van der Waals surface area contributed by atoms with Gasteiger partial charge in [0.1, 0.15) is 0 Å². The molecule has 0 radical (unpaired) electrons. The molecule has 4 heteroatoms. The zero-order valence-electron chi connectivity index (χ0n) is 11.6. The number of carbonyl (C=O) groups is 1. The molecule has 3 nitrogen and oxygen atoms in total. The Labute approximate surface area is 119 Å². The summed E-state index contributed by atoms with van der Waals surface area (Å²) in [5.41, 5.74) is 6.54. The Balaban J connectivity index is 2.11. The number of amides is 1. The largest absolute Gasteiger partial charge is 0.348 e. The summed E-state index contributed by atoms with van der Waals surface area (Å²) in [6.45, 7) is 3.86. The smallest absolute Gasteiger partial charge is 0.240 e. The Morgan fingerprint density at radius 1 is 1.53 bits per heavy atom. The average molecular weight is 278 g/mol. The fourth-order valence-electron chi connectivity index (χ4n) is 2.45. The van der Waals surface area contributed by atoms with Gasteiger partial charge in [-0.3, -0.25) is 4.79 Å². The van der Waals surface area contributed by atoms with E-state index in [9.17, 15) is 4.79 Å². The van der Waals surface area contributed by atoms with E-state index in [0.717, 1.165) is 18.6 Å². The lowest BCUT2D eigenvalue weighted by atomic mass is 9.95. The standard InChI is InChI=1S/C15H22N2OS/c1-3-9-15(2,16)14(18)17-12-8-10-19-13-7-5-4-6-11(12)13/h4-7,12H,3,8-10,16H2,1-2H3,(H,17,18). The van der Waals surface area contributed by atoms with Crippen LogP contribution in [0.1, 0.15) is 44.7 Å². The monoisotopic (exact) mass is 278 g/mol. The molecule has 1 aliphatic heterocycles. The second kappa shape index (κ2) is 5.97. The first-order valence-corrected chi connectivity index (χ1v) is 7.84. The molecule has 104 valence electrons. The molecule has 0 saturated heterocycles. The van der Waals surface area contributed by atoms with Crippen LogP contribution in [0, 0.1) is 0 Å². The molecule has 19 heavy (non-hydrogen) atoms. The molecule has 2 unspecified atom stereocenters. The van der Waals surface area contributed by atoms with Gasteiger partial charge in [-0.15, -0.1) is 11.8 Å². The second-order valence-electron chi connectivity index (χ2n) is 5.37. The molecule has 1 amide bonds. The molecule has 0 bridgehead atoms. The van der Waals surface area contributed by atoms with Gasteiger partial charge in [-0.25, -0.2) is 0 Å². The van der Waals surface area contributed by atoms with Crippen LogP contribution in [-0.4, -0.2) is 17.2 Å². The van der Waals surface area contributed by atoms with Gasteiger partial charge in [0.2, 0.25) is 5.91 Å². The van der Waals surface area contributed by atoms with Crippen LogP contribution in [0.5, 0.6) is 0 Å². The maximum Gasteiger partial charge on any atom is 0.240 e. The van der Waals surface area contributed by atoms with E-state index in [1.165, 1.54) is 10.5 Å². The minimum atomic E-state index is -0.770. The molecule has 0 spiro atoms. The summed E-state index contributed by atoms with van der Waals surface area (Å²) in [6.07, 6.45) is 2.59. The minimum absolute atomic E-state index is 0.0407. The number of benzene rings is 1. The van der Waals surface area contributed by atoms with Crippen LogP contribution >= 0.6 is 11.8 Å². The highest BCUT2D eigenvalue weighted by atomic mass is 32.2. The van der Waals surface area contributed by atoms with Crippen LogP contribution in [-0.2, 0) is 4.79 Å². The predicted molar refractivity (Wildman–Crippen MR) is 80.2 cm³/mol. The lowest BCUT2D eigenvalue weighted by Gasteiger charge is -2.30. The fraction of sp³-hybridized carbons (Fsp3) is 0.533. The Bertz CT molecular complexity index is 459. The Kier molecular flexibility index (Phi) is 4.53. The van der Waals surface area contributed by atoms with E-state index in [0.29, 0.717) is 6.42 Å². The number of hydrogen-bond acceptors (Lipinski definition) is 3. The average Bonchev–Trinajstić information content (AvgIpc) is 2.39. The van der Waals surface area contributed by atoms with E-state index in [1.54, 1.807) is 0 Å². The Morgan fingerprint density at radius 2 is 2.26 bits per heavy atom. The Morgan fingerprint density at radius 3 is 3.00 bits per heavy atom. The van der Waals surface area contributed by atoms with Crippen molar-refractivity contribution in [3.05, 3.63) is 29.8 Å². The lowest BCUT2D eigenvalue weighted by Crippen LogP contribution is -2.52. The first-order chi connectivity index (χ1) is 9.04. The number of fused-ring (bicyclic) bond motifs is 1. The van der Waals surface area contributed by atoms with E-state index in [-0.39, 0.29) is 11.9 Å². The van der Waals surface area contributed by atoms with Gasteiger partial charge in [0, 0.05) is 10.6 Å². The number of nitrogens with two attached hydrogens (primary N) is 1. The summed E-state index contributed by atoms with van der Waals surface area (Å²) >= 11 is 1.85. The number of carbonyl (C=O) groups excluding carboxylic acids is 1. The van der Waals surface area contributed by atoms with Gasteiger partial charge >= 0.3 is 0 Å². The van der Waals surface area contributed by atoms with Crippen LogP contribution in [0.15, 0.2) is 29.2 Å². The molecule has 1 aromatic carbocycles. The molecule has 1 heterocycles. The predicted octanol–water partition coefficient (Wildman–Crippen LogP) is 2.86. The van der Waals surface area contributed by atoms with Crippen molar-refractivity contribution in [3.8, 4) is 0 Å². The van der Waals surface area contributed by atoms with Crippen molar-refractivity contribution in [1.29, 1.82) is 0 Å². The zero-order valence-corrected chi connectivity index (χ0v) is 12.4. The zero-order chi connectivity index (χ0) is 13.9. The summed E-state index contributed by atoms with van der Waals surface area (Å²) < 4.78 is 0. The summed E-state index contributed by atoms with van der Waals surface area (Å²) in [6, 6.07) is 8.38. The summed E-state index contributed by atoms with van der Waals surface area (Å²) in [7, 11) is 0. The highest BCUT2D eigenvalue weighted by molar-refractivity contribution is 7.99. The second-order valence-corrected chi connectivity index (χ2v) is 6.51. The van der Waals surface area contributed by atoms with Crippen LogP contribution < -0.4 is 11.1 Å². The van der Waals surface area contributed by atoms with Gasteiger partial charge in [0.15, 0.2) is 0 Å². The van der Waals surface area contributed by atoms with Crippen LogP contribution in [0.3, 0.4) is 0 Å². The normalized spacial score (nSPS) is 21.3. The van der Waals surface area contributed by atoms with Crippen LogP contribution in [0.2, 0.25) is 0 Å². The molecule has 0 aliphatic carbocycles. The maximum atomic E-state index is 12.3. The Hall–Kier alpha value is -1.00. The first kappa shape index (κ1) is 14.4. The SMILES string of the molecule is CCCC(C)(N)C(=O)NC1CCSc2ccccc21. The van der Waals surface area contributed by atoms with E-state index >= 15 is 0 Å². The summed E-state index contributed by atoms with van der Waals surface area (Å²) in [5, 5.41) is 3.12. The maximum absolute atomic E-state index is 12.3. The quantitative estimate of drug-likeness (QED) is 0.890. The van der Waals surface area contributed by atoms with Crippen molar-refractivity contribution in [3.63, 3.8) is 0 Å². The van der Waals surface area contributed by atoms with Crippen LogP contribution in [0.4, 0.5) is 0 Å². The summed E-state index contributed by atoms with van der Waals surface area (Å²) in [5.74, 6) is 0.998. The fourth-order valence-corrected chi connectivity index (χ4v) is 3.57. The molecule has 2 rings (SSSR count). The number of rotatable bonds is 4. The highest BCUT2D eigenvalue weighted by Crippen LogP contribution is 2.36. The lowest BCUT2D eigenvalue weighted by molar-refractivity contribution is -0.126. The molecule has 0 aromatic heterocycles. The molecule has 0 fully saturated rings. The van der Waals surface area contributed by atoms with Crippen molar-refractivity contribution in [2.45, 2.75) is 49.6 Å². The highest BCUT2D eigenvalue weighted by Gasteiger charge is 2.30. The molecule has 3 N–H and O–H groups in total. The molecule has 1 aromatic rings. The van der Waals surface area contributed by atoms with Crippen molar-refractivity contribution >= 4 is 17.7 Å². The number of hydrogen-bond donors (Lipinski definition) is 2. The van der Waals surface area contributed by atoms with E-state index in [1.807, 2.05) is 37.7 Å². The van der Waals surface area contributed by atoms with Gasteiger partial charge in [0.25, 0.3) is 0 Å². The van der Waals surface area contributed by atoms with Crippen molar-refractivity contribution in [2.24, 2.45) is 5.73 Å². The van der Waals surface area contributed by atoms with E-state index in [4.69, 9.17) is 5.73 Å². The first-order valence-electron chi connectivity index (χ1n) is 6.86. The van der Waals surface area contributed by atoms with Crippen molar-refractivity contribution in [1.82, 2.24) is 5.32 Å². The van der Waals surface area contributed by atoms with E-state index < -0.39 is 5.54 Å². The number of thioether (sulfide) groups is 1. The molecular weight excluding hydrogens is 256 g/mol. The molecular formula is C15H22N2OS. The molecule has 0 saturated carbocycles. The van der Waals surface area contributed by atoms with E-state index in [2.05, 4.69) is 17.4 Å². The van der Waals surface area contributed by atoms with Gasteiger partial charge in [-0.1, -0.05) is 31.5 Å². The number of nitrogens with one attached hydrogen (secondary N) is 1.